The average molecular weight is 283 g/mol. The van der Waals surface area contributed by atoms with E-state index in [2.05, 4.69) is 20.9 Å². The van der Waals surface area contributed by atoms with Crippen LogP contribution in [0, 0.1) is 5.82 Å². The molecule has 1 aromatic carbocycles. The lowest BCUT2D eigenvalue weighted by molar-refractivity contribution is 0.427. The van der Waals surface area contributed by atoms with Gasteiger partial charge in [-0.3, -0.25) is 0 Å². The minimum absolute atomic E-state index is 0.101. The van der Waals surface area contributed by atoms with Crippen molar-refractivity contribution in [2.45, 2.75) is 0 Å². The van der Waals surface area contributed by atoms with Crippen molar-refractivity contribution in [2.75, 3.05) is 5.73 Å². The highest BCUT2D eigenvalue weighted by molar-refractivity contribution is 9.10. The lowest BCUT2D eigenvalue weighted by atomic mass is 10.3. The molecule has 0 aliphatic heterocycles. The summed E-state index contributed by atoms with van der Waals surface area (Å²) in [6.07, 6.45) is 1.57. The van der Waals surface area contributed by atoms with Crippen molar-refractivity contribution in [3.8, 4) is 11.6 Å². The Labute approximate surface area is 100 Å². The molecule has 2 N–H and O–H groups in total. The minimum Gasteiger partial charge on any atom is -0.436 e. The zero-order chi connectivity index (χ0) is 11.5. The Balaban J connectivity index is 2.23. The number of hydrogen-bond acceptors (Lipinski definition) is 3. The molecular weight excluding hydrogens is 275 g/mol. The summed E-state index contributed by atoms with van der Waals surface area (Å²) >= 11 is 3.25. The highest BCUT2D eigenvalue weighted by Gasteiger charge is 2.05. The molecule has 5 heteroatoms. The molecule has 0 unspecified atom stereocenters. The number of aromatic nitrogens is 1. The molecule has 0 bridgehead atoms. The normalized spacial score (nSPS) is 10.1. The number of ether oxygens (including phenoxy) is 1. The Morgan fingerprint density at radius 3 is 2.69 bits per heavy atom. The Hall–Kier alpha value is -1.62. The molecule has 1 aromatic heterocycles. The van der Waals surface area contributed by atoms with Gasteiger partial charge in [0.05, 0.1) is 0 Å². The van der Waals surface area contributed by atoms with Gasteiger partial charge in [0, 0.05) is 28.5 Å². The fourth-order valence-corrected chi connectivity index (χ4v) is 1.37. The first-order valence-electron chi connectivity index (χ1n) is 4.49. The molecule has 0 radical (unpaired) electrons. The van der Waals surface area contributed by atoms with Gasteiger partial charge in [-0.1, -0.05) is 0 Å². The standard InChI is InChI=1S/C11H8BrFN2O/c12-7-1-4-11(15-6-7)16-10-3-2-8(14)5-9(10)13/h1-6H,14H2. The van der Waals surface area contributed by atoms with Gasteiger partial charge in [-0.15, -0.1) is 0 Å². The predicted octanol–water partition coefficient (Wildman–Crippen LogP) is 3.36. The molecule has 2 aromatic rings. The molecule has 2 rings (SSSR count). The largest absolute Gasteiger partial charge is 0.436 e. The average Bonchev–Trinajstić information content (AvgIpc) is 2.25. The summed E-state index contributed by atoms with van der Waals surface area (Å²) in [6, 6.07) is 7.64. The van der Waals surface area contributed by atoms with Crippen molar-refractivity contribution in [1.82, 2.24) is 4.98 Å². The fourth-order valence-electron chi connectivity index (χ4n) is 1.14. The minimum atomic E-state index is -0.510. The fraction of sp³-hybridized carbons (Fsp3) is 0. The predicted molar refractivity (Wildman–Crippen MR) is 62.8 cm³/mol. The Morgan fingerprint density at radius 1 is 1.25 bits per heavy atom. The van der Waals surface area contributed by atoms with Crippen molar-refractivity contribution in [3.63, 3.8) is 0 Å². The van der Waals surface area contributed by atoms with Crippen LogP contribution in [0.3, 0.4) is 0 Å². The van der Waals surface area contributed by atoms with E-state index >= 15 is 0 Å². The molecule has 0 atom stereocenters. The zero-order valence-corrected chi connectivity index (χ0v) is 9.74. The molecule has 0 fully saturated rings. The number of hydrogen-bond donors (Lipinski definition) is 1. The summed E-state index contributed by atoms with van der Waals surface area (Å²) in [5.74, 6) is -0.0828. The highest BCUT2D eigenvalue weighted by atomic mass is 79.9. The Bertz CT molecular complexity index is 502. The smallest absolute Gasteiger partial charge is 0.219 e. The number of benzene rings is 1. The van der Waals surface area contributed by atoms with E-state index < -0.39 is 5.82 Å². The molecule has 0 aliphatic carbocycles. The number of nitrogen functional groups attached to an aromatic ring is 1. The van der Waals surface area contributed by atoms with Gasteiger partial charge >= 0.3 is 0 Å². The summed E-state index contributed by atoms with van der Waals surface area (Å²) in [5, 5.41) is 0. The van der Waals surface area contributed by atoms with Crippen LogP contribution in [-0.4, -0.2) is 4.98 Å². The van der Waals surface area contributed by atoms with E-state index in [-0.39, 0.29) is 5.75 Å². The van der Waals surface area contributed by atoms with Gasteiger partial charge in [0.15, 0.2) is 11.6 Å². The maximum atomic E-state index is 13.4. The lowest BCUT2D eigenvalue weighted by Crippen LogP contribution is -1.92. The van der Waals surface area contributed by atoms with Crippen LogP contribution in [0.2, 0.25) is 0 Å². The van der Waals surface area contributed by atoms with E-state index in [0.717, 1.165) is 4.47 Å². The second-order valence-electron chi connectivity index (χ2n) is 3.11. The third kappa shape index (κ3) is 2.49. The molecule has 0 amide bonds. The third-order valence-corrected chi connectivity index (χ3v) is 2.34. The number of nitrogens with zero attached hydrogens (tertiary/aromatic N) is 1. The maximum Gasteiger partial charge on any atom is 0.219 e. The van der Waals surface area contributed by atoms with Gasteiger partial charge in [0.25, 0.3) is 0 Å². The van der Waals surface area contributed by atoms with Gasteiger partial charge in [-0.05, 0) is 34.1 Å². The van der Waals surface area contributed by atoms with Gasteiger partial charge in [-0.25, -0.2) is 9.37 Å². The highest BCUT2D eigenvalue weighted by Crippen LogP contribution is 2.25. The van der Waals surface area contributed by atoms with Crippen LogP contribution in [-0.2, 0) is 0 Å². The van der Waals surface area contributed by atoms with Crippen molar-refractivity contribution in [2.24, 2.45) is 0 Å². The van der Waals surface area contributed by atoms with E-state index in [0.29, 0.717) is 11.6 Å². The van der Waals surface area contributed by atoms with Crippen molar-refractivity contribution in [1.29, 1.82) is 0 Å². The topological polar surface area (TPSA) is 48.1 Å². The van der Waals surface area contributed by atoms with Crippen LogP contribution in [0.5, 0.6) is 11.6 Å². The van der Waals surface area contributed by atoms with Crippen molar-refractivity contribution in [3.05, 3.63) is 46.8 Å². The van der Waals surface area contributed by atoms with Crippen molar-refractivity contribution >= 4 is 21.6 Å². The van der Waals surface area contributed by atoms with E-state index in [1.54, 1.807) is 24.4 Å². The molecule has 0 saturated heterocycles. The number of halogens is 2. The Morgan fingerprint density at radius 2 is 2.06 bits per heavy atom. The van der Waals surface area contributed by atoms with Gasteiger partial charge in [0.2, 0.25) is 5.88 Å². The van der Waals surface area contributed by atoms with E-state index in [4.69, 9.17) is 10.5 Å². The second kappa shape index (κ2) is 4.49. The Kier molecular flexibility index (Phi) is 3.05. The van der Waals surface area contributed by atoms with E-state index in [9.17, 15) is 4.39 Å². The van der Waals surface area contributed by atoms with Crippen LogP contribution in [0.1, 0.15) is 0 Å². The number of anilines is 1. The maximum absolute atomic E-state index is 13.4. The van der Waals surface area contributed by atoms with E-state index in [1.807, 2.05) is 0 Å². The monoisotopic (exact) mass is 282 g/mol. The summed E-state index contributed by atoms with van der Waals surface area (Å²) in [6.45, 7) is 0. The molecule has 16 heavy (non-hydrogen) atoms. The van der Waals surface area contributed by atoms with Crippen molar-refractivity contribution < 1.29 is 9.13 Å². The van der Waals surface area contributed by atoms with Gasteiger partial charge in [0.1, 0.15) is 0 Å². The first-order chi connectivity index (χ1) is 7.65. The summed E-state index contributed by atoms with van der Waals surface area (Å²) in [5.41, 5.74) is 5.78. The quantitative estimate of drug-likeness (QED) is 0.860. The summed E-state index contributed by atoms with van der Waals surface area (Å²) in [7, 11) is 0. The zero-order valence-electron chi connectivity index (χ0n) is 8.15. The molecule has 0 aliphatic rings. The van der Waals surface area contributed by atoms with Crippen LogP contribution in [0.15, 0.2) is 41.0 Å². The molecule has 3 nitrogen and oxygen atoms in total. The van der Waals surface area contributed by atoms with Crippen LogP contribution >= 0.6 is 15.9 Å². The van der Waals surface area contributed by atoms with E-state index in [1.165, 1.54) is 12.1 Å². The molecule has 0 spiro atoms. The van der Waals surface area contributed by atoms with Crippen LogP contribution in [0.4, 0.5) is 10.1 Å². The molecule has 82 valence electrons. The number of rotatable bonds is 2. The molecule has 1 heterocycles. The molecular formula is C11H8BrFN2O. The van der Waals surface area contributed by atoms with Gasteiger partial charge in [-0.2, -0.15) is 0 Å². The lowest BCUT2D eigenvalue weighted by Gasteiger charge is -2.05. The van der Waals surface area contributed by atoms with Crippen LogP contribution < -0.4 is 10.5 Å². The number of pyridine rings is 1. The van der Waals surface area contributed by atoms with Crippen LogP contribution in [0.25, 0.3) is 0 Å². The molecule has 0 saturated carbocycles. The first kappa shape index (κ1) is 10.9. The number of nitrogens with two attached hydrogens (primary N) is 1. The first-order valence-corrected chi connectivity index (χ1v) is 5.29. The summed E-state index contributed by atoms with van der Waals surface area (Å²) < 4.78 is 19.5. The van der Waals surface area contributed by atoms with Gasteiger partial charge < -0.3 is 10.5 Å². The summed E-state index contributed by atoms with van der Waals surface area (Å²) in [4.78, 5) is 3.97. The third-order valence-electron chi connectivity index (χ3n) is 1.87. The SMILES string of the molecule is Nc1ccc(Oc2ccc(Br)cn2)c(F)c1. The second-order valence-corrected chi connectivity index (χ2v) is 4.02.